The number of imidazole rings is 1. The summed E-state index contributed by atoms with van der Waals surface area (Å²) >= 11 is 1.52. The second-order valence-corrected chi connectivity index (χ2v) is 16.3. The fourth-order valence-corrected chi connectivity index (χ4v) is 6.15. The number of H-pyrrole nitrogens is 2. The summed E-state index contributed by atoms with van der Waals surface area (Å²) in [7, 11) is -1.55. The number of anilines is 2. The lowest BCUT2D eigenvalue weighted by Gasteiger charge is -2.36. The van der Waals surface area contributed by atoms with Gasteiger partial charge in [-0.15, -0.1) is 16.9 Å². The summed E-state index contributed by atoms with van der Waals surface area (Å²) in [4.78, 5) is 29.1. The maximum absolute atomic E-state index is 12.9. The number of nitrogens with two attached hydrogens (primary N) is 1. The highest BCUT2D eigenvalue weighted by Gasteiger charge is 2.31. The minimum atomic E-state index is -1.55. The van der Waals surface area contributed by atoms with E-state index in [-0.39, 0.29) is 5.56 Å². The Morgan fingerprint density at radius 2 is 1.89 bits per heavy atom. The topological polar surface area (TPSA) is 94.0 Å². The molecule has 3 aromatic heterocycles. The molecule has 6 rings (SSSR count). The number of nitrogen functional groups attached to an aromatic ring is 1. The van der Waals surface area contributed by atoms with Crippen molar-refractivity contribution in [1.82, 2.24) is 19.9 Å². The van der Waals surface area contributed by atoms with Gasteiger partial charge in [0.1, 0.15) is 19.5 Å². The molecule has 35 heavy (non-hydrogen) atoms. The molecule has 0 radical (unpaired) electrons. The van der Waals surface area contributed by atoms with Crippen molar-refractivity contribution in [2.24, 2.45) is 0 Å². The molecule has 1 saturated heterocycles. The van der Waals surface area contributed by atoms with Crippen molar-refractivity contribution in [3.8, 4) is 22.9 Å². The van der Waals surface area contributed by atoms with Gasteiger partial charge in [0.05, 0.1) is 32.6 Å². The van der Waals surface area contributed by atoms with Gasteiger partial charge in [0.2, 0.25) is 0 Å². The second kappa shape index (κ2) is 8.26. The largest absolute Gasteiger partial charge is 0.397 e. The van der Waals surface area contributed by atoms with Crippen LogP contribution in [0.15, 0.2) is 28.4 Å². The number of hydrogen-bond donors (Lipinski definition) is 3. The van der Waals surface area contributed by atoms with E-state index in [1.165, 1.54) is 24.2 Å². The fourth-order valence-electron chi connectivity index (χ4n) is 4.82. The summed E-state index contributed by atoms with van der Waals surface area (Å²) in [5.41, 5.74) is 15.2. The van der Waals surface area contributed by atoms with Gasteiger partial charge in [0.25, 0.3) is 5.56 Å². The van der Waals surface area contributed by atoms with Gasteiger partial charge in [-0.05, 0) is 36.4 Å². The van der Waals surface area contributed by atoms with Crippen LogP contribution in [0.4, 0.5) is 11.4 Å². The number of aromatic nitrogens is 3. The molecule has 1 saturated carbocycles. The van der Waals surface area contributed by atoms with Crippen LogP contribution in [0.3, 0.4) is 0 Å². The van der Waals surface area contributed by atoms with Gasteiger partial charge in [0.15, 0.2) is 0 Å². The summed E-state index contributed by atoms with van der Waals surface area (Å²) in [6.07, 6.45) is 2.68. The summed E-state index contributed by atoms with van der Waals surface area (Å²) in [5, 5.41) is 1.93. The summed E-state index contributed by atoms with van der Waals surface area (Å²) in [6.45, 7) is 10.9. The summed E-state index contributed by atoms with van der Waals surface area (Å²) in [6, 6.07) is 6.89. The number of piperazine rings is 1. The van der Waals surface area contributed by atoms with Gasteiger partial charge in [-0.3, -0.25) is 9.69 Å². The first kappa shape index (κ1) is 22.4. The molecule has 0 bridgehead atoms. The molecule has 4 aromatic rings. The molecule has 0 amide bonds. The molecule has 0 unspecified atom stereocenters. The number of pyridine rings is 1. The lowest BCUT2D eigenvalue weighted by Crippen LogP contribution is -2.47. The van der Waals surface area contributed by atoms with Crippen LogP contribution in [-0.2, 0) is 0 Å². The van der Waals surface area contributed by atoms with Crippen molar-refractivity contribution in [3.05, 3.63) is 39.5 Å². The Hall–Kier alpha value is -3.06. The SMILES string of the molecule is C[Si](C)(C)C#Cc1cc2[nH]c(-c3c(N)c4sccc4[nH]c3=O)nc2cc1N1CCN(C2CC2)CC1. The van der Waals surface area contributed by atoms with Crippen LogP contribution in [-0.4, -0.2) is 60.1 Å². The van der Waals surface area contributed by atoms with Crippen molar-refractivity contribution in [3.63, 3.8) is 0 Å². The Balaban J connectivity index is 1.44. The third-order valence-corrected chi connectivity index (χ3v) is 8.60. The quantitative estimate of drug-likeness (QED) is 0.288. The number of hydrogen-bond acceptors (Lipinski definition) is 6. The number of thiophene rings is 1. The summed E-state index contributed by atoms with van der Waals surface area (Å²) < 4.78 is 0.871. The van der Waals surface area contributed by atoms with E-state index in [0.717, 1.165) is 64.7 Å². The van der Waals surface area contributed by atoms with Crippen molar-refractivity contribution in [2.75, 3.05) is 36.8 Å². The first-order valence-corrected chi connectivity index (χ1v) is 16.6. The molecule has 1 aliphatic carbocycles. The second-order valence-electron chi connectivity index (χ2n) is 10.6. The van der Waals surface area contributed by atoms with Crippen molar-refractivity contribution < 1.29 is 0 Å². The zero-order valence-corrected chi connectivity index (χ0v) is 22.2. The molecular weight excluding hydrogens is 472 g/mol. The normalized spacial score (nSPS) is 17.2. The monoisotopic (exact) mass is 502 g/mol. The Bertz CT molecular complexity index is 1550. The van der Waals surface area contributed by atoms with E-state index in [4.69, 9.17) is 10.7 Å². The Kier molecular flexibility index (Phi) is 5.29. The summed E-state index contributed by atoms with van der Waals surface area (Å²) in [5.74, 6) is 3.99. The molecule has 2 aliphatic rings. The average Bonchev–Trinajstić information content (AvgIpc) is 3.42. The lowest BCUT2D eigenvalue weighted by molar-refractivity contribution is 0.248. The third-order valence-electron chi connectivity index (χ3n) is 6.78. The Morgan fingerprint density at radius 3 is 2.60 bits per heavy atom. The first-order chi connectivity index (χ1) is 16.8. The highest BCUT2D eigenvalue weighted by molar-refractivity contribution is 7.17. The van der Waals surface area contributed by atoms with Gasteiger partial charge in [0, 0.05) is 37.8 Å². The number of nitrogens with zero attached hydrogens (tertiary/aromatic N) is 3. The minimum absolute atomic E-state index is 0.234. The van der Waals surface area contributed by atoms with Gasteiger partial charge in [-0.1, -0.05) is 25.6 Å². The first-order valence-electron chi connectivity index (χ1n) is 12.2. The molecule has 1 aliphatic heterocycles. The van der Waals surface area contributed by atoms with Crippen LogP contribution in [0.1, 0.15) is 18.4 Å². The average molecular weight is 503 g/mol. The molecule has 0 spiro atoms. The van der Waals surface area contributed by atoms with E-state index in [1.54, 1.807) is 0 Å². The van der Waals surface area contributed by atoms with Gasteiger partial charge in [-0.25, -0.2) is 4.98 Å². The van der Waals surface area contributed by atoms with Crippen LogP contribution in [0, 0.1) is 11.5 Å². The van der Waals surface area contributed by atoms with Crippen molar-refractivity contribution in [1.29, 1.82) is 0 Å². The maximum Gasteiger partial charge on any atom is 0.261 e. The van der Waals surface area contributed by atoms with Crippen LogP contribution in [0.5, 0.6) is 0 Å². The molecule has 9 heteroatoms. The number of benzene rings is 1. The van der Waals surface area contributed by atoms with Crippen LogP contribution in [0.25, 0.3) is 32.6 Å². The Morgan fingerprint density at radius 1 is 1.11 bits per heavy atom. The third kappa shape index (κ3) is 4.26. The highest BCUT2D eigenvalue weighted by Crippen LogP contribution is 2.34. The number of nitrogens with one attached hydrogen (secondary N) is 2. The molecular formula is C26H30N6OSSi. The number of rotatable bonds is 3. The predicted molar refractivity (Wildman–Crippen MR) is 149 cm³/mol. The zero-order valence-electron chi connectivity index (χ0n) is 20.4. The standard InChI is InChI=1S/C26H30N6OSSi/c1-35(2,3)13-7-16-14-19-20(15-21(16)32-10-8-31(9-11-32)17-4-5-17)29-25(28-19)22-23(27)24-18(6-12-34-24)30-26(22)33/h6,12,14-15,17H,4-5,8-11H2,1-3H3,(H,28,29)(H3,27,30,33). The predicted octanol–water partition coefficient (Wildman–Crippen LogP) is 4.23. The molecule has 0 atom stereocenters. The number of aromatic amines is 2. The molecule has 4 heterocycles. The van der Waals surface area contributed by atoms with Gasteiger partial charge < -0.3 is 20.6 Å². The van der Waals surface area contributed by atoms with Gasteiger partial charge in [-0.2, -0.15) is 0 Å². The zero-order chi connectivity index (χ0) is 24.3. The molecule has 7 nitrogen and oxygen atoms in total. The molecule has 1 aromatic carbocycles. The van der Waals surface area contributed by atoms with E-state index < -0.39 is 8.07 Å². The fraction of sp³-hybridized carbons (Fsp3) is 0.385. The van der Waals surface area contributed by atoms with E-state index >= 15 is 0 Å². The van der Waals surface area contributed by atoms with Crippen molar-refractivity contribution >= 4 is 52.0 Å². The minimum Gasteiger partial charge on any atom is -0.397 e. The smallest absolute Gasteiger partial charge is 0.261 e. The van der Waals surface area contributed by atoms with E-state index in [0.29, 0.717) is 17.1 Å². The lowest BCUT2D eigenvalue weighted by atomic mass is 10.1. The van der Waals surface area contributed by atoms with Crippen LogP contribution < -0.4 is 16.2 Å². The van der Waals surface area contributed by atoms with E-state index in [2.05, 4.69) is 63.0 Å². The van der Waals surface area contributed by atoms with Crippen molar-refractivity contribution in [2.45, 2.75) is 38.5 Å². The van der Waals surface area contributed by atoms with Crippen LogP contribution in [0.2, 0.25) is 19.6 Å². The Labute approximate surface area is 209 Å². The van der Waals surface area contributed by atoms with Crippen LogP contribution >= 0.6 is 11.3 Å². The molecule has 4 N–H and O–H groups in total. The molecule has 2 fully saturated rings. The van der Waals surface area contributed by atoms with E-state index in [9.17, 15) is 4.79 Å². The highest BCUT2D eigenvalue weighted by atomic mass is 32.1. The van der Waals surface area contributed by atoms with E-state index in [1.807, 2.05) is 11.4 Å². The number of fused-ring (bicyclic) bond motifs is 2. The molecule has 180 valence electrons. The maximum atomic E-state index is 12.9. The van der Waals surface area contributed by atoms with Gasteiger partial charge >= 0.3 is 0 Å².